The molecule has 24 heavy (non-hydrogen) atoms. The van der Waals surface area contributed by atoms with Crippen LogP contribution in [0.15, 0.2) is 53.6 Å². The summed E-state index contributed by atoms with van der Waals surface area (Å²) in [7, 11) is -1.64. The van der Waals surface area contributed by atoms with Gasteiger partial charge in [0.1, 0.15) is 10.7 Å². The molecule has 130 valence electrons. The van der Waals surface area contributed by atoms with Gasteiger partial charge >= 0.3 is 0 Å². The molecular weight excluding hydrogens is 322 g/mol. The molecule has 0 atom stereocenters. The van der Waals surface area contributed by atoms with Crippen molar-refractivity contribution >= 4 is 21.5 Å². The SMILES string of the molecule is CCCCN(C)c1ccc(S(=O)(=O)N(CC)c2ccccc2)cn1. The van der Waals surface area contributed by atoms with Crippen LogP contribution in [0.4, 0.5) is 11.5 Å². The highest BCUT2D eigenvalue weighted by Crippen LogP contribution is 2.23. The van der Waals surface area contributed by atoms with Crippen LogP contribution in [0.2, 0.25) is 0 Å². The number of unbranched alkanes of at least 4 members (excludes halogenated alkanes) is 1. The Labute approximate surface area is 145 Å². The first kappa shape index (κ1) is 18.3. The Balaban J connectivity index is 2.26. The third kappa shape index (κ3) is 4.06. The van der Waals surface area contributed by atoms with Crippen LogP contribution in [-0.4, -0.2) is 33.5 Å². The summed E-state index contributed by atoms with van der Waals surface area (Å²) in [6.07, 6.45) is 3.63. The second-order valence-electron chi connectivity index (χ2n) is 5.63. The zero-order valence-electron chi connectivity index (χ0n) is 14.5. The van der Waals surface area contributed by atoms with E-state index in [0.29, 0.717) is 12.2 Å². The minimum Gasteiger partial charge on any atom is -0.360 e. The van der Waals surface area contributed by atoms with Crippen molar-refractivity contribution in [1.82, 2.24) is 4.98 Å². The number of hydrogen-bond donors (Lipinski definition) is 0. The van der Waals surface area contributed by atoms with Crippen LogP contribution in [0.3, 0.4) is 0 Å². The Morgan fingerprint density at radius 1 is 1.04 bits per heavy atom. The molecule has 0 unspecified atom stereocenters. The molecule has 0 fully saturated rings. The minimum absolute atomic E-state index is 0.209. The molecule has 0 amide bonds. The first-order valence-corrected chi connectivity index (χ1v) is 9.69. The topological polar surface area (TPSA) is 53.5 Å². The van der Waals surface area contributed by atoms with Gasteiger partial charge in [-0.25, -0.2) is 13.4 Å². The van der Waals surface area contributed by atoms with E-state index >= 15 is 0 Å². The molecule has 0 N–H and O–H groups in total. The van der Waals surface area contributed by atoms with Gasteiger partial charge in [-0.3, -0.25) is 4.31 Å². The molecular formula is C18H25N3O2S. The van der Waals surface area contributed by atoms with Crippen molar-refractivity contribution in [1.29, 1.82) is 0 Å². The maximum absolute atomic E-state index is 12.9. The molecule has 0 radical (unpaired) electrons. The molecule has 1 heterocycles. The van der Waals surface area contributed by atoms with Crippen LogP contribution in [0.5, 0.6) is 0 Å². The average molecular weight is 347 g/mol. The lowest BCUT2D eigenvalue weighted by molar-refractivity contribution is 0.591. The number of para-hydroxylation sites is 1. The molecule has 1 aromatic heterocycles. The Hall–Kier alpha value is -2.08. The number of rotatable bonds is 8. The summed E-state index contributed by atoms with van der Waals surface area (Å²) in [6, 6.07) is 12.5. The summed E-state index contributed by atoms with van der Waals surface area (Å²) in [5, 5.41) is 0. The Morgan fingerprint density at radius 3 is 2.29 bits per heavy atom. The second kappa shape index (κ2) is 8.15. The van der Waals surface area contributed by atoms with E-state index in [2.05, 4.69) is 11.9 Å². The lowest BCUT2D eigenvalue weighted by Crippen LogP contribution is -2.31. The maximum Gasteiger partial charge on any atom is 0.265 e. The molecule has 0 spiro atoms. The molecule has 0 aliphatic rings. The Morgan fingerprint density at radius 2 is 1.75 bits per heavy atom. The molecule has 5 nitrogen and oxygen atoms in total. The predicted octanol–water partition coefficient (Wildman–Crippen LogP) is 3.53. The average Bonchev–Trinajstić information content (AvgIpc) is 2.61. The fourth-order valence-electron chi connectivity index (χ4n) is 2.47. The lowest BCUT2D eigenvalue weighted by atomic mass is 10.3. The van der Waals surface area contributed by atoms with Crippen LogP contribution in [0, 0.1) is 0 Å². The highest BCUT2D eigenvalue weighted by molar-refractivity contribution is 7.92. The molecule has 0 aliphatic heterocycles. The summed E-state index contributed by atoms with van der Waals surface area (Å²) in [4.78, 5) is 6.57. The monoisotopic (exact) mass is 347 g/mol. The Kier molecular flexibility index (Phi) is 6.20. The van der Waals surface area contributed by atoms with E-state index in [1.165, 1.54) is 10.5 Å². The first-order valence-electron chi connectivity index (χ1n) is 8.25. The van der Waals surface area contributed by atoms with Crippen LogP contribution in [-0.2, 0) is 10.0 Å². The van der Waals surface area contributed by atoms with Crippen LogP contribution < -0.4 is 9.21 Å². The van der Waals surface area contributed by atoms with E-state index in [-0.39, 0.29) is 4.90 Å². The highest BCUT2D eigenvalue weighted by atomic mass is 32.2. The Bertz CT molecular complexity index is 731. The normalized spacial score (nSPS) is 11.3. The summed E-state index contributed by atoms with van der Waals surface area (Å²) in [5.74, 6) is 0.783. The first-order chi connectivity index (χ1) is 11.5. The molecule has 0 aliphatic carbocycles. The van der Waals surface area contributed by atoms with Gasteiger partial charge in [0.05, 0.1) is 5.69 Å². The lowest BCUT2D eigenvalue weighted by Gasteiger charge is -2.23. The molecule has 6 heteroatoms. The van der Waals surface area contributed by atoms with Gasteiger partial charge in [0.15, 0.2) is 0 Å². The fourth-order valence-corrected chi connectivity index (χ4v) is 3.89. The molecule has 0 saturated heterocycles. The van der Waals surface area contributed by atoms with Gasteiger partial charge in [-0.1, -0.05) is 31.5 Å². The molecule has 2 rings (SSSR count). The van der Waals surface area contributed by atoms with E-state index in [4.69, 9.17) is 0 Å². The number of aromatic nitrogens is 1. The molecule has 0 saturated carbocycles. The van der Waals surface area contributed by atoms with Crippen LogP contribution >= 0.6 is 0 Å². The minimum atomic E-state index is -3.61. The van der Waals surface area contributed by atoms with Gasteiger partial charge in [0.25, 0.3) is 10.0 Å². The smallest absolute Gasteiger partial charge is 0.265 e. The third-order valence-corrected chi connectivity index (χ3v) is 5.76. The largest absolute Gasteiger partial charge is 0.360 e. The second-order valence-corrected chi connectivity index (χ2v) is 7.49. The van der Waals surface area contributed by atoms with Crippen molar-refractivity contribution < 1.29 is 8.42 Å². The zero-order valence-corrected chi connectivity index (χ0v) is 15.3. The summed E-state index contributed by atoms with van der Waals surface area (Å²) in [5.41, 5.74) is 0.657. The molecule has 2 aromatic rings. The number of sulfonamides is 1. The van der Waals surface area contributed by atoms with Gasteiger partial charge in [-0.15, -0.1) is 0 Å². The summed E-state index contributed by atoms with van der Waals surface area (Å²) >= 11 is 0. The van der Waals surface area contributed by atoms with E-state index in [1.54, 1.807) is 24.3 Å². The van der Waals surface area contributed by atoms with Crippen LogP contribution in [0.25, 0.3) is 0 Å². The molecule has 0 bridgehead atoms. The van der Waals surface area contributed by atoms with Gasteiger partial charge in [-0.2, -0.15) is 0 Å². The highest BCUT2D eigenvalue weighted by Gasteiger charge is 2.23. The third-order valence-electron chi connectivity index (χ3n) is 3.88. The number of anilines is 2. The fraction of sp³-hybridized carbons (Fsp3) is 0.389. The standard InChI is InChI=1S/C18H25N3O2S/c1-4-6-14-20(3)18-13-12-17(15-19-18)24(22,23)21(5-2)16-10-8-7-9-11-16/h7-13,15H,4-6,14H2,1-3H3. The van der Waals surface area contributed by atoms with E-state index < -0.39 is 10.0 Å². The zero-order chi connectivity index (χ0) is 17.6. The van der Waals surface area contributed by atoms with Gasteiger partial charge in [-0.05, 0) is 37.6 Å². The van der Waals surface area contributed by atoms with Gasteiger partial charge < -0.3 is 4.90 Å². The van der Waals surface area contributed by atoms with Crippen molar-refractivity contribution in [3.63, 3.8) is 0 Å². The number of hydrogen-bond acceptors (Lipinski definition) is 4. The van der Waals surface area contributed by atoms with Crippen molar-refractivity contribution in [3.05, 3.63) is 48.7 Å². The predicted molar refractivity (Wildman–Crippen MR) is 99.1 cm³/mol. The number of benzene rings is 1. The maximum atomic E-state index is 12.9. The van der Waals surface area contributed by atoms with Crippen molar-refractivity contribution in [3.8, 4) is 0 Å². The van der Waals surface area contributed by atoms with Crippen LogP contribution in [0.1, 0.15) is 26.7 Å². The number of nitrogens with zero attached hydrogens (tertiary/aromatic N) is 3. The summed E-state index contributed by atoms with van der Waals surface area (Å²) < 4.78 is 27.2. The van der Waals surface area contributed by atoms with Crippen molar-refractivity contribution in [2.24, 2.45) is 0 Å². The van der Waals surface area contributed by atoms with E-state index in [1.807, 2.05) is 37.1 Å². The van der Waals surface area contributed by atoms with E-state index in [0.717, 1.165) is 25.2 Å². The van der Waals surface area contributed by atoms with Crippen molar-refractivity contribution in [2.45, 2.75) is 31.6 Å². The van der Waals surface area contributed by atoms with Crippen molar-refractivity contribution in [2.75, 3.05) is 29.3 Å². The number of pyridine rings is 1. The molecule has 1 aromatic carbocycles. The van der Waals surface area contributed by atoms with Gasteiger partial charge in [0, 0.05) is 26.3 Å². The van der Waals surface area contributed by atoms with Gasteiger partial charge in [0.2, 0.25) is 0 Å². The quantitative estimate of drug-likeness (QED) is 0.733. The summed E-state index contributed by atoms with van der Waals surface area (Å²) in [6.45, 7) is 5.23. The van der Waals surface area contributed by atoms with E-state index in [9.17, 15) is 8.42 Å².